The molecular weight excluding hydrogens is 166 g/mol. The average molecular weight is 180 g/mol. The normalized spacial score (nSPS) is 7.64. The number of hydrogen-bond acceptors (Lipinski definition) is 2. The Morgan fingerprint density at radius 3 is 2.00 bits per heavy atom. The lowest BCUT2D eigenvalue weighted by Crippen LogP contribution is -2.18. The van der Waals surface area contributed by atoms with E-state index in [1.54, 1.807) is 6.92 Å². The molecule has 0 aliphatic carbocycles. The van der Waals surface area contributed by atoms with Crippen molar-refractivity contribution in [2.45, 2.75) is 20.8 Å². The van der Waals surface area contributed by atoms with Gasteiger partial charge in [-0.1, -0.05) is 0 Å². The standard InChI is InChI=1S/C7H13NO2.ClH/c1-5(2)6(3)10-7(9)8-4;/h1-4H3,(H,8,9);1H. The number of halogens is 1. The molecule has 0 rings (SSSR count). The molecule has 0 saturated carbocycles. The summed E-state index contributed by atoms with van der Waals surface area (Å²) < 4.78 is 4.79. The van der Waals surface area contributed by atoms with E-state index in [1.807, 2.05) is 13.8 Å². The number of rotatable bonds is 1. The third-order valence-corrected chi connectivity index (χ3v) is 1.15. The highest BCUT2D eigenvalue weighted by molar-refractivity contribution is 5.85. The molecule has 0 spiro atoms. The van der Waals surface area contributed by atoms with Gasteiger partial charge in [-0.3, -0.25) is 0 Å². The van der Waals surface area contributed by atoms with Crippen LogP contribution in [0.15, 0.2) is 11.3 Å². The summed E-state index contributed by atoms with van der Waals surface area (Å²) >= 11 is 0. The van der Waals surface area contributed by atoms with Gasteiger partial charge in [-0.25, -0.2) is 4.79 Å². The predicted molar refractivity (Wildman–Crippen MR) is 46.8 cm³/mol. The van der Waals surface area contributed by atoms with Crippen LogP contribution in [0.4, 0.5) is 4.79 Å². The molecule has 0 aliphatic heterocycles. The second-order valence-corrected chi connectivity index (χ2v) is 2.20. The summed E-state index contributed by atoms with van der Waals surface area (Å²) in [6.45, 7) is 5.53. The maximum Gasteiger partial charge on any atom is 0.412 e. The van der Waals surface area contributed by atoms with Crippen LogP contribution in [0.1, 0.15) is 20.8 Å². The first-order valence-electron chi connectivity index (χ1n) is 3.11. The molecule has 0 fully saturated rings. The van der Waals surface area contributed by atoms with Crippen LogP contribution >= 0.6 is 12.4 Å². The minimum absolute atomic E-state index is 0. The Kier molecular flexibility index (Phi) is 7.10. The van der Waals surface area contributed by atoms with Crippen LogP contribution in [0.25, 0.3) is 0 Å². The average Bonchev–Trinajstić information content (AvgIpc) is 1.87. The van der Waals surface area contributed by atoms with Gasteiger partial charge >= 0.3 is 6.09 Å². The lowest BCUT2D eigenvalue weighted by atomic mass is 10.3. The molecular formula is C7H14ClNO2. The van der Waals surface area contributed by atoms with Gasteiger partial charge in [0.1, 0.15) is 5.76 Å². The number of nitrogens with one attached hydrogen (secondary N) is 1. The SMILES string of the molecule is CNC(=O)OC(C)=C(C)C.Cl. The van der Waals surface area contributed by atoms with Crippen LogP contribution in [0.3, 0.4) is 0 Å². The molecule has 1 N–H and O–H groups in total. The fourth-order valence-corrected chi connectivity index (χ4v) is 0.292. The van der Waals surface area contributed by atoms with E-state index < -0.39 is 6.09 Å². The molecule has 4 heteroatoms. The van der Waals surface area contributed by atoms with Gasteiger partial charge in [0, 0.05) is 7.05 Å². The van der Waals surface area contributed by atoms with Crippen LogP contribution in [-0.4, -0.2) is 13.1 Å². The number of hydrogen-bond donors (Lipinski definition) is 1. The Labute approximate surface area is 73.2 Å². The Morgan fingerprint density at radius 2 is 1.73 bits per heavy atom. The highest BCUT2D eigenvalue weighted by Gasteiger charge is 1.99. The smallest absolute Gasteiger partial charge is 0.412 e. The Hall–Kier alpha value is -0.700. The Bertz CT molecular complexity index is 162. The zero-order chi connectivity index (χ0) is 8.15. The van der Waals surface area contributed by atoms with Crippen molar-refractivity contribution in [3.05, 3.63) is 11.3 Å². The van der Waals surface area contributed by atoms with Crippen LogP contribution in [0.5, 0.6) is 0 Å². The van der Waals surface area contributed by atoms with Gasteiger partial charge in [-0.05, 0) is 26.3 Å². The number of carbonyl (C=O) groups is 1. The van der Waals surface area contributed by atoms with Crippen molar-refractivity contribution in [3.63, 3.8) is 0 Å². The highest BCUT2D eigenvalue weighted by Crippen LogP contribution is 2.02. The van der Waals surface area contributed by atoms with Crippen molar-refractivity contribution < 1.29 is 9.53 Å². The molecule has 0 aromatic carbocycles. The summed E-state index contributed by atoms with van der Waals surface area (Å²) in [5.41, 5.74) is 1.00. The molecule has 0 aromatic heterocycles. The van der Waals surface area contributed by atoms with E-state index in [4.69, 9.17) is 4.74 Å². The number of ether oxygens (including phenoxy) is 1. The Balaban J connectivity index is 0. The molecule has 0 bridgehead atoms. The van der Waals surface area contributed by atoms with E-state index >= 15 is 0 Å². The molecule has 0 aliphatic rings. The van der Waals surface area contributed by atoms with Gasteiger partial charge in [-0.15, -0.1) is 12.4 Å². The van der Waals surface area contributed by atoms with E-state index in [0.29, 0.717) is 5.76 Å². The molecule has 0 radical (unpaired) electrons. The summed E-state index contributed by atoms with van der Waals surface area (Å²) in [5, 5.41) is 2.36. The number of amides is 1. The van der Waals surface area contributed by atoms with Gasteiger partial charge in [0.2, 0.25) is 0 Å². The third-order valence-electron chi connectivity index (χ3n) is 1.15. The zero-order valence-corrected chi connectivity index (χ0v) is 8.04. The minimum Gasteiger partial charge on any atom is -0.415 e. The lowest BCUT2D eigenvalue weighted by Gasteiger charge is -2.03. The first-order valence-corrected chi connectivity index (χ1v) is 3.11. The number of carbonyl (C=O) groups excluding carboxylic acids is 1. The molecule has 0 atom stereocenters. The van der Waals surface area contributed by atoms with E-state index in [1.165, 1.54) is 7.05 Å². The van der Waals surface area contributed by atoms with Crippen molar-refractivity contribution in [2.24, 2.45) is 0 Å². The lowest BCUT2D eigenvalue weighted by molar-refractivity contribution is 0.177. The van der Waals surface area contributed by atoms with Crippen molar-refractivity contribution in [3.8, 4) is 0 Å². The zero-order valence-electron chi connectivity index (χ0n) is 7.22. The van der Waals surface area contributed by atoms with Crippen LogP contribution in [-0.2, 0) is 4.74 Å². The summed E-state index contributed by atoms with van der Waals surface area (Å²) in [6, 6.07) is 0. The Morgan fingerprint density at radius 1 is 1.27 bits per heavy atom. The van der Waals surface area contributed by atoms with Crippen LogP contribution in [0.2, 0.25) is 0 Å². The summed E-state index contributed by atoms with van der Waals surface area (Å²) in [6.07, 6.45) is -0.418. The fourth-order valence-electron chi connectivity index (χ4n) is 0.292. The molecule has 0 saturated heterocycles. The van der Waals surface area contributed by atoms with Crippen molar-refractivity contribution >= 4 is 18.5 Å². The topological polar surface area (TPSA) is 38.3 Å². The molecule has 66 valence electrons. The van der Waals surface area contributed by atoms with Gasteiger partial charge in [0.25, 0.3) is 0 Å². The van der Waals surface area contributed by atoms with E-state index in [9.17, 15) is 4.79 Å². The van der Waals surface area contributed by atoms with E-state index in [0.717, 1.165) is 5.57 Å². The predicted octanol–water partition coefficient (Wildman–Crippen LogP) is 2.08. The first kappa shape index (κ1) is 12.9. The second-order valence-electron chi connectivity index (χ2n) is 2.20. The molecule has 0 aromatic rings. The maximum absolute atomic E-state index is 10.6. The van der Waals surface area contributed by atoms with Crippen molar-refractivity contribution in [2.75, 3.05) is 7.05 Å². The molecule has 1 amide bonds. The molecule has 3 nitrogen and oxygen atoms in total. The number of alkyl carbamates (subject to hydrolysis) is 1. The van der Waals surface area contributed by atoms with Crippen molar-refractivity contribution in [1.82, 2.24) is 5.32 Å². The van der Waals surface area contributed by atoms with Crippen molar-refractivity contribution in [1.29, 1.82) is 0 Å². The number of allylic oxidation sites excluding steroid dienone is 2. The summed E-state index contributed by atoms with van der Waals surface area (Å²) in [5.74, 6) is 0.652. The first-order chi connectivity index (χ1) is 4.57. The largest absolute Gasteiger partial charge is 0.415 e. The molecule has 0 unspecified atom stereocenters. The quantitative estimate of drug-likeness (QED) is 0.626. The van der Waals surface area contributed by atoms with E-state index in [-0.39, 0.29) is 12.4 Å². The summed E-state index contributed by atoms with van der Waals surface area (Å²) in [4.78, 5) is 10.6. The van der Waals surface area contributed by atoms with E-state index in [2.05, 4.69) is 5.32 Å². The van der Waals surface area contributed by atoms with Crippen LogP contribution < -0.4 is 5.32 Å². The molecule has 0 heterocycles. The van der Waals surface area contributed by atoms with Gasteiger partial charge < -0.3 is 10.1 Å². The van der Waals surface area contributed by atoms with Gasteiger partial charge in [-0.2, -0.15) is 0 Å². The van der Waals surface area contributed by atoms with Gasteiger partial charge in [0.15, 0.2) is 0 Å². The third kappa shape index (κ3) is 5.73. The minimum atomic E-state index is -0.418. The highest BCUT2D eigenvalue weighted by atomic mass is 35.5. The summed E-state index contributed by atoms with van der Waals surface area (Å²) in [7, 11) is 1.53. The monoisotopic (exact) mass is 179 g/mol. The van der Waals surface area contributed by atoms with Crippen LogP contribution in [0, 0.1) is 0 Å². The van der Waals surface area contributed by atoms with Gasteiger partial charge in [0.05, 0.1) is 0 Å². The molecule has 11 heavy (non-hydrogen) atoms. The fraction of sp³-hybridized carbons (Fsp3) is 0.571. The second kappa shape index (κ2) is 6.04. The maximum atomic E-state index is 10.6.